The summed E-state index contributed by atoms with van der Waals surface area (Å²) in [4.78, 5) is 37.7. The first-order chi connectivity index (χ1) is 15.4. The Hall–Kier alpha value is -3.55. The van der Waals surface area contributed by atoms with Crippen molar-refractivity contribution < 1.29 is 29.0 Å². The molecule has 2 amide bonds. The van der Waals surface area contributed by atoms with Crippen molar-refractivity contribution in [3.8, 4) is 0 Å². The Kier molecular flexibility index (Phi) is 10.0. The lowest BCUT2D eigenvalue weighted by molar-refractivity contribution is -0.143. The topological polar surface area (TPSA) is 105 Å². The summed E-state index contributed by atoms with van der Waals surface area (Å²) in [5.74, 6) is -1.08. The summed E-state index contributed by atoms with van der Waals surface area (Å²) in [5, 5.41) is 12.2. The van der Waals surface area contributed by atoms with Crippen molar-refractivity contribution in [2.75, 3.05) is 13.1 Å². The van der Waals surface area contributed by atoms with Gasteiger partial charge in [0.25, 0.3) is 0 Å². The maximum atomic E-state index is 12.7. The van der Waals surface area contributed by atoms with Crippen molar-refractivity contribution in [1.82, 2.24) is 10.2 Å². The van der Waals surface area contributed by atoms with Crippen molar-refractivity contribution in [2.45, 2.75) is 39.5 Å². The Labute approximate surface area is 188 Å². The predicted octanol–water partition coefficient (Wildman–Crippen LogP) is 4.05. The average molecular weight is 443 g/mol. The highest BCUT2D eigenvalue weighted by molar-refractivity contribution is 5.80. The highest BCUT2D eigenvalue weighted by atomic mass is 16.6. The van der Waals surface area contributed by atoms with E-state index in [9.17, 15) is 19.5 Å². The lowest BCUT2D eigenvalue weighted by atomic mass is 10.0. The molecule has 8 heteroatoms. The summed E-state index contributed by atoms with van der Waals surface area (Å²) in [7, 11) is 0. The second kappa shape index (κ2) is 13.0. The monoisotopic (exact) mass is 442 g/mol. The minimum atomic E-state index is -1.12. The smallest absolute Gasteiger partial charge is 0.410 e. The van der Waals surface area contributed by atoms with Gasteiger partial charge < -0.3 is 19.9 Å². The summed E-state index contributed by atoms with van der Waals surface area (Å²) in [6, 6.07) is 17.3. The Balaban J connectivity index is 1.94. The summed E-state index contributed by atoms with van der Waals surface area (Å²) in [6.45, 7) is 3.89. The van der Waals surface area contributed by atoms with E-state index in [4.69, 9.17) is 9.47 Å². The molecule has 2 N–H and O–H groups in total. The second-order valence-electron chi connectivity index (χ2n) is 7.71. The van der Waals surface area contributed by atoms with Crippen molar-refractivity contribution in [1.29, 1.82) is 0 Å². The van der Waals surface area contributed by atoms with E-state index >= 15 is 0 Å². The van der Waals surface area contributed by atoms with Crippen molar-refractivity contribution in [2.24, 2.45) is 5.92 Å². The zero-order valence-corrected chi connectivity index (χ0v) is 18.4. The number of hydrogen-bond acceptors (Lipinski definition) is 5. The third kappa shape index (κ3) is 8.67. The van der Waals surface area contributed by atoms with Crippen LogP contribution in [0.2, 0.25) is 0 Å². The van der Waals surface area contributed by atoms with Crippen LogP contribution in [0.3, 0.4) is 0 Å². The number of nitrogens with one attached hydrogen (secondary N) is 1. The number of carbonyl (C=O) groups excluding carboxylic acids is 2. The molecule has 0 fully saturated rings. The standard InChI is InChI=1S/C24H30N2O6/c1-18(2)15-21(22(27)28)26(24(30)32-17-20-11-7-4-8-12-20)14-13-25-23(29)31-16-19-9-5-3-6-10-19/h3-12,18,21H,13-17H2,1-2H3,(H,25,29)(H,27,28)/t21-/m0/s1. The van der Waals surface area contributed by atoms with Gasteiger partial charge in [-0.25, -0.2) is 14.4 Å². The molecule has 0 unspecified atom stereocenters. The van der Waals surface area contributed by atoms with E-state index in [0.29, 0.717) is 0 Å². The van der Waals surface area contributed by atoms with Crippen LogP contribution in [-0.2, 0) is 27.5 Å². The van der Waals surface area contributed by atoms with Crippen LogP contribution in [0.1, 0.15) is 31.4 Å². The van der Waals surface area contributed by atoms with Crippen LogP contribution in [0, 0.1) is 5.92 Å². The summed E-state index contributed by atoms with van der Waals surface area (Å²) in [6.07, 6.45) is -1.14. The normalized spacial score (nSPS) is 11.5. The SMILES string of the molecule is CC(C)C[C@@H](C(=O)O)N(CCNC(=O)OCc1ccccc1)C(=O)OCc1ccccc1. The molecule has 0 aromatic heterocycles. The van der Waals surface area contributed by atoms with Crippen LogP contribution in [0.4, 0.5) is 9.59 Å². The van der Waals surface area contributed by atoms with Crippen LogP contribution in [0.25, 0.3) is 0 Å². The lowest BCUT2D eigenvalue weighted by Gasteiger charge is -2.29. The summed E-state index contributed by atoms with van der Waals surface area (Å²) in [5.41, 5.74) is 1.63. The number of carboxylic acids is 1. The fraction of sp³-hybridized carbons (Fsp3) is 0.375. The molecule has 0 heterocycles. The number of carbonyl (C=O) groups is 3. The second-order valence-corrected chi connectivity index (χ2v) is 7.71. The van der Waals surface area contributed by atoms with Gasteiger partial charge >= 0.3 is 18.2 Å². The Morgan fingerprint density at radius 2 is 1.44 bits per heavy atom. The Morgan fingerprint density at radius 1 is 0.906 bits per heavy atom. The van der Waals surface area contributed by atoms with E-state index in [-0.39, 0.29) is 38.6 Å². The van der Waals surface area contributed by atoms with E-state index in [1.165, 1.54) is 0 Å². The molecular formula is C24H30N2O6. The maximum Gasteiger partial charge on any atom is 0.410 e. The molecular weight excluding hydrogens is 412 g/mol. The van der Waals surface area contributed by atoms with Crippen LogP contribution in [0.15, 0.2) is 60.7 Å². The summed E-state index contributed by atoms with van der Waals surface area (Å²) < 4.78 is 10.5. The molecule has 0 bridgehead atoms. The minimum Gasteiger partial charge on any atom is -0.480 e. The highest BCUT2D eigenvalue weighted by Gasteiger charge is 2.31. The first kappa shape index (κ1) is 24.7. The quantitative estimate of drug-likeness (QED) is 0.544. The number of rotatable bonds is 11. The van der Waals surface area contributed by atoms with Gasteiger partial charge in [-0.3, -0.25) is 4.90 Å². The van der Waals surface area contributed by atoms with Gasteiger partial charge in [-0.15, -0.1) is 0 Å². The molecule has 172 valence electrons. The van der Waals surface area contributed by atoms with E-state index < -0.39 is 24.2 Å². The largest absolute Gasteiger partial charge is 0.480 e. The van der Waals surface area contributed by atoms with E-state index in [1.54, 1.807) is 0 Å². The average Bonchev–Trinajstić information content (AvgIpc) is 2.79. The van der Waals surface area contributed by atoms with Gasteiger partial charge in [-0.05, 0) is 23.5 Å². The number of hydrogen-bond donors (Lipinski definition) is 2. The number of carboxylic acid groups (broad SMARTS) is 1. The Bertz CT molecular complexity index is 857. The number of nitrogens with zero attached hydrogens (tertiary/aromatic N) is 1. The highest BCUT2D eigenvalue weighted by Crippen LogP contribution is 2.14. The van der Waals surface area contributed by atoms with Crippen molar-refractivity contribution >= 4 is 18.2 Å². The third-order valence-corrected chi connectivity index (χ3v) is 4.63. The van der Waals surface area contributed by atoms with Crippen LogP contribution < -0.4 is 5.32 Å². The number of aliphatic carboxylic acids is 1. The van der Waals surface area contributed by atoms with Gasteiger partial charge in [-0.2, -0.15) is 0 Å². The van der Waals surface area contributed by atoms with E-state index in [0.717, 1.165) is 16.0 Å². The molecule has 1 atom stereocenters. The molecule has 32 heavy (non-hydrogen) atoms. The first-order valence-corrected chi connectivity index (χ1v) is 10.5. The zero-order chi connectivity index (χ0) is 23.3. The van der Waals surface area contributed by atoms with Gasteiger partial charge in [0, 0.05) is 13.1 Å². The minimum absolute atomic E-state index is 0.0237. The molecule has 0 aliphatic heterocycles. The summed E-state index contributed by atoms with van der Waals surface area (Å²) >= 11 is 0. The maximum absolute atomic E-state index is 12.7. The fourth-order valence-corrected chi connectivity index (χ4v) is 3.04. The number of benzene rings is 2. The molecule has 2 rings (SSSR count). The molecule has 8 nitrogen and oxygen atoms in total. The Morgan fingerprint density at radius 3 is 1.94 bits per heavy atom. The molecule has 2 aromatic carbocycles. The molecule has 0 saturated carbocycles. The van der Waals surface area contributed by atoms with Crippen molar-refractivity contribution in [3.63, 3.8) is 0 Å². The van der Waals surface area contributed by atoms with Crippen molar-refractivity contribution in [3.05, 3.63) is 71.8 Å². The lowest BCUT2D eigenvalue weighted by Crippen LogP contribution is -2.49. The van der Waals surface area contributed by atoms with Crippen LogP contribution in [-0.4, -0.2) is 47.3 Å². The van der Waals surface area contributed by atoms with Gasteiger partial charge in [-0.1, -0.05) is 74.5 Å². The van der Waals surface area contributed by atoms with Gasteiger partial charge in [0.1, 0.15) is 19.3 Å². The molecule has 0 saturated heterocycles. The predicted molar refractivity (Wildman–Crippen MR) is 119 cm³/mol. The van der Waals surface area contributed by atoms with Gasteiger partial charge in [0.05, 0.1) is 0 Å². The third-order valence-electron chi connectivity index (χ3n) is 4.63. The van der Waals surface area contributed by atoms with Gasteiger partial charge in [0.2, 0.25) is 0 Å². The fourth-order valence-electron chi connectivity index (χ4n) is 3.04. The molecule has 0 aliphatic rings. The molecule has 0 radical (unpaired) electrons. The number of ether oxygens (including phenoxy) is 2. The molecule has 0 aliphatic carbocycles. The number of alkyl carbamates (subject to hydrolysis) is 1. The zero-order valence-electron chi connectivity index (χ0n) is 18.4. The molecule has 2 aromatic rings. The first-order valence-electron chi connectivity index (χ1n) is 10.5. The van der Waals surface area contributed by atoms with E-state index in [1.807, 2.05) is 74.5 Å². The van der Waals surface area contributed by atoms with E-state index in [2.05, 4.69) is 5.32 Å². The van der Waals surface area contributed by atoms with Crippen LogP contribution >= 0.6 is 0 Å². The molecule has 0 spiro atoms. The number of amides is 2. The van der Waals surface area contributed by atoms with Gasteiger partial charge in [0.15, 0.2) is 0 Å². The van der Waals surface area contributed by atoms with Crippen LogP contribution in [0.5, 0.6) is 0 Å².